The average molecular weight is 573 g/mol. The van der Waals surface area contributed by atoms with E-state index in [1.54, 1.807) is 33.8 Å². The monoisotopic (exact) mass is 572 g/mol. The molecule has 0 aliphatic heterocycles. The first-order chi connectivity index (χ1) is 18.7. The van der Waals surface area contributed by atoms with Crippen molar-refractivity contribution in [1.82, 2.24) is 5.32 Å². The summed E-state index contributed by atoms with van der Waals surface area (Å²) in [5, 5.41) is 49.0. The van der Waals surface area contributed by atoms with E-state index in [2.05, 4.69) is 5.32 Å². The van der Waals surface area contributed by atoms with Crippen LogP contribution < -0.4 is 11.1 Å². The van der Waals surface area contributed by atoms with Crippen LogP contribution in [0, 0.1) is 34.5 Å². The molecule has 0 bridgehead atoms. The lowest BCUT2D eigenvalue weighted by Gasteiger charge is -2.66. The number of rotatable bonds is 5. The maximum absolute atomic E-state index is 14.1. The molecule has 1 aromatic carbocycles. The average Bonchev–Trinajstić information content (AvgIpc) is 2.79. The maximum atomic E-state index is 14.1. The number of aliphatic hydroxyl groups is 3. The highest BCUT2D eigenvalue weighted by Gasteiger charge is 2.75. The molecule has 8 atom stereocenters. The van der Waals surface area contributed by atoms with Crippen molar-refractivity contribution in [2.24, 2.45) is 40.2 Å². The Bertz CT molecular complexity index is 1300. The van der Waals surface area contributed by atoms with Gasteiger partial charge in [0.1, 0.15) is 17.8 Å². The number of amides is 2. The van der Waals surface area contributed by atoms with E-state index in [-0.39, 0.29) is 42.4 Å². The number of carbonyl (C=O) groups is 4. The summed E-state index contributed by atoms with van der Waals surface area (Å²) in [5.74, 6) is -7.42. The molecule has 41 heavy (non-hydrogen) atoms. The molecule has 1 aromatic rings. The van der Waals surface area contributed by atoms with Crippen LogP contribution >= 0.6 is 0 Å². The molecule has 2 unspecified atom stereocenters. The highest BCUT2D eigenvalue weighted by molar-refractivity contribution is 6.09. The minimum absolute atomic E-state index is 0.00242. The SMILES string of the molecule is CC(C)[C@H]1C(O)[C@@H](C(N)=O)C(=O)[C@]2(O)C(O)[C@H]3C(=O)c4c(O)ccc(CCC(=O)NC(C)(C)C)c4C[C@]3(C)C[C@]12C. The van der Waals surface area contributed by atoms with E-state index in [0.717, 1.165) is 0 Å². The summed E-state index contributed by atoms with van der Waals surface area (Å²) in [6.45, 7) is 12.7. The summed E-state index contributed by atoms with van der Waals surface area (Å²) < 4.78 is 0. The first kappa shape index (κ1) is 31.1. The normalized spacial score (nSPS) is 36.8. The Morgan fingerprint density at radius 3 is 2.29 bits per heavy atom. The Kier molecular flexibility index (Phi) is 7.50. The number of nitrogens with two attached hydrogens (primary N) is 1. The Balaban J connectivity index is 1.83. The Morgan fingerprint density at radius 1 is 1.15 bits per heavy atom. The Hall–Kier alpha value is -2.82. The van der Waals surface area contributed by atoms with Gasteiger partial charge in [0, 0.05) is 17.4 Å². The molecule has 7 N–H and O–H groups in total. The molecular weight excluding hydrogens is 528 g/mol. The second kappa shape index (κ2) is 9.88. The van der Waals surface area contributed by atoms with Gasteiger partial charge in [-0.15, -0.1) is 0 Å². The lowest BCUT2D eigenvalue weighted by Crippen LogP contribution is -2.79. The van der Waals surface area contributed by atoms with Crippen LogP contribution in [-0.4, -0.2) is 67.2 Å². The van der Waals surface area contributed by atoms with Gasteiger partial charge in [-0.05, 0) is 74.5 Å². The third kappa shape index (κ3) is 4.58. The van der Waals surface area contributed by atoms with Crippen LogP contribution in [0.15, 0.2) is 12.1 Å². The molecule has 3 aliphatic rings. The summed E-state index contributed by atoms with van der Waals surface area (Å²) in [6.07, 6.45) is -2.64. The van der Waals surface area contributed by atoms with Crippen LogP contribution in [0.1, 0.15) is 82.8 Å². The molecule has 10 heteroatoms. The fraction of sp³-hybridized carbons (Fsp3) is 0.677. The Labute approximate surface area is 240 Å². The van der Waals surface area contributed by atoms with Crippen molar-refractivity contribution in [2.75, 3.05) is 0 Å². The molecule has 2 amide bonds. The molecule has 10 nitrogen and oxygen atoms in total. The number of fused-ring (bicyclic) bond motifs is 3. The number of aliphatic hydroxyl groups excluding tert-OH is 2. The zero-order valence-corrected chi connectivity index (χ0v) is 24.9. The van der Waals surface area contributed by atoms with E-state index in [0.29, 0.717) is 17.5 Å². The number of carbonyl (C=O) groups excluding carboxylic acids is 4. The van der Waals surface area contributed by atoms with E-state index >= 15 is 0 Å². The van der Waals surface area contributed by atoms with Crippen molar-refractivity contribution in [3.05, 3.63) is 28.8 Å². The first-order valence-electron chi connectivity index (χ1n) is 14.3. The van der Waals surface area contributed by atoms with Gasteiger partial charge in [-0.1, -0.05) is 33.8 Å². The zero-order chi connectivity index (χ0) is 31.0. The number of hydrogen-bond acceptors (Lipinski definition) is 8. The van der Waals surface area contributed by atoms with Crippen molar-refractivity contribution < 1.29 is 39.6 Å². The topological polar surface area (TPSA) is 187 Å². The highest BCUT2D eigenvalue weighted by atomic mass is 16.4. The lowest BCUT2D eigenvalue weighted by atomic mass is 9.39. The standard InChI is InChI=1S/C31H44N2O8/c1-14(2)21-24(37)20(27(32)40)25(38)31(41)26(39)22-23(36)19-16(12-29(22,6)13-30(21,31)7)15(8-10-17(19)34)9-11-18(35)33-28(3,4)5/h8,10,14,20-22,24,26,34,37,39,41H,9,11-13H2,1-7H3,(H2,32,40)(H,33,35)/t20-,21+,22-,24?,26?,29-,30-,31+/m1/s1. The predicted molar refractivity (Wildman–Crippen MR) is 150 cm³/mol. The quantitative estimate of drug-likeness (QED) is 0.286. The number of nitrogens with one attached hydrogen (secondary N) is 1. The van der Waals surface area contributed by atoms with E-state index < -0.39 is 69.4 Å². The van der Waals surface area contributed by atoms with E-state index in [4.69, 9.17) is 5.73 Å². The predicted octanol–water partition coefficient (Wildman–Crippen LogP) is 1.42. The van der Waals surface area contributed by atoms with Gasteiger partial charge < -0.3 is 31.5 Å². The zero-order valence-electron chi connectivity index (χ0n) is 24.9. The summed E-state index contributed by atoms with van der Waals surface area (Å²) in [4.78, 5) is 52.8. The van der Waals surface area contributed by atoms with Gasteiger partial charge in [0.05, 0.1) is 17.6 Å². The van der Waals surface area contributed by atoms with E-state index in [9.17, 15) is 39.6 Å². The molecule has 0 spiro atoms. The molecule has 3 aliphatic carbocycles. The number of phenolic OH excluding ortho intramolecular Hbond substituents is 1. The summed E-state index contributed by atoms with van der Waals surface area (Å²) in [7, 11) is 0. The summed E-state index contributed by atoms with van der Waals surface area (Å²) in [6, 6.07) is 3.07. The minimum atomic E-state index is -2.55. The third-order valence-electron chi connectivity index (χ3n) is 9.90. The van der Waals surface area contributed by atoms with Crippen LogP contribution in [0.4, 0.5) is 0 Å². The smallest absolute Gasteiger partial charge is 0.230 e. The van der Waals surface area contributed by atoms with E-state index in [1.165, 1.54) is 6.07 Å². The molecule has 4 rings (SSSR count). The van der Waals surface area contributed by atoms with Gasteiger partial charge in [-0.2, -0.15) is 0 Å². The third-order valence-corrected chi connectivity index (χ3v) is 9.90. The molecular formula is C31H44N2O8. The van der Waals surface area contributed by atoms with Crippen LogP contribution in [0.5, 0.6) is 5.75 Å². The van der Waals surface area contributed by atoms with Crippen LogP contribution in [0.3, 0.4) is 0 Å². The van der Waals surface area contributed by atoms with Gasteiger partial charge in [0.25, 0.3) is 0 Å². The molecule has 226 valence electrons. The molecule has 0 saturated heterocycles. The number of benzene rings is 1. The van der Waals surface area contributed by atoms with Gasteiger partial charge in [0.2, 0.25) is 11.8 Å². The van der Waals surface area contributed by atoms with Crippen molar-refractivity contribution in [3.63, 3.8) is 0 Å². The fourth-order valence-corrected chi connectivity index (χ4v) is 8.56. The van der Waals surface area contributed by atoms with Crippen molar-refractivity contribution >= 4 is 23.4 Å². The van der Waals surface area contributed by atoms with Gasteiger partial charge in [-0.3, -0.25) is 19.2 Å². The second-order valence-electron chi connectivity index (χ2n) is 14.4. The summed E-state index contributed by atoms with van der Waals surface area (Å²) >= 11 is 0. The van der Waals surface area contributed by atoms with E-state index in [1.807, 2.05) is 20.8 Å². The molecule has 0 radical (unpaired) electrons. The van der Waals surface area contributed by atoms with Crippen LogP contribution in [0.2, 0.25) is 0 Å². The van der Waals surface area contributed by atoms with Crippen molar-refractivity contribution in [2.45, 2.75) is 97.5 Å². The largest absolute Gasteiger partial charge is 0.507 e. The number of ketones is 2. The van der Waals surface area contributed by atoms with Crippen molar-refractivity contribution in [1.29, 1.82) is 0 Å². The number of phenols is 1. The molecule has 0 aromatic heterocycles. The number of Topliss-reactive ketones (excluding diaryl/α,β-unsaturated/α-hetero) is 2. The number of hydrogen-bond donors (Lipinski definition) is 6. The van der Waals surface area contributed by atoms with Gasteiger partial charge >= 0.3 is 0 Å². The van der Waals surface area contributed by atoms with Gasteiger partial charge in [0.15, 0.2) is 17.2 Å². The molecule has 2 saturated carbocycles. The highest BCUT2D eigenvalue weighted by Crippen LogP contribution is 2.65. The minimum Gasteiger partial charge on any atom is -0.507 e. The summed E-state index contributed by atoms with van der Waals surface area (Å²) in [5.41, 5.74) is 1.42. The fourth-order valence-electron chi connectivity index (χ4n) is 8.56. The van der Waals surface area contributed by atoms with Crippen LogP contribution in [-0.2, 0) is 27.2 Å². The number of aromatic hydroxyl groups is 1. The second-order valence-corrected chi connectivity index (χ2v) is 14.4. The lowest BCUT2D eigenvalue weighted by molar-refractivity contribution is -0.265. The number of primary amides is 1. The first-order valence-corrected chi connectivity index (χ1v) is 14.3. The maximum Gasteiger partial charge on any atom is 0.230 e. The van der Waals surface area contributed by atoms with Crippen molar-refractivity contribution in [3.8, 4) is 5.75 Å². The molecule has 2 fully saturated rings. The Morgan fingerprint density at radius 2 is 1.76 bits per heavy atom. The number of aryl methyl sites for hydroxylation is 1. The van der Waals surface area contributed by atoms with Crippen LogP contribution in [0.25, 0.3) is 0 Å². The molecule has 0 heterocycles. The van der Waals surface area contributed by atoms with Gasteiger partial charge in [-0.25, -0.2) is 0 Å².